The molecule has 2 aromatic heterocycles. The monoisotopic (exact) mass is 354 g/mol. The van der Waals surface area contributed by atoms with Crippen LogP contribution in [0.5, 0.6) is 5.88 Å². The summed E-state index contributed by atoms with van der Waals surface area (Å²) >= 11 is 0. The van der Waals surface area contributed by atoms with Crippen molar-refractivity contribution in [2.75, 3.05) is 23.8 Å². The highest BCUT2D eigenvalue weighted by atomic mass is 16.5. The average molecular weight is 354 g/mol. The van der Waals surface area contributed by atoms with Gasteiger partial charge >= 0.3 is 0 Å². The zero-order valence-electron chi connectivity index (χ0n) is 14.8. The second-order valence-corrected chi connectivity index (χ2v) is 6.75. The molecule has 0 radical (unpaired) electrons. The maximum atomic E-state index is 12.5. The Labute approximate surface area is 152 Å². The average Bonchev–Trinajstić information content (AvgIpc) is 3.24. The van der Waals surface area contributed by atoms with Gasteiger partial charge in [-0.15, -0.1) is 0 Å². The summed E-state index contributed by atoms with van der Waals surface area (Å²) in [7, 11) is 0. The number of hydrogen-bond donors (Lipinski definition) is 1. The number of carbonyl (C=O) groups is 1. The summed E-state index contributed by atoms with van der Waals surface area (Å²) < 4.78 is 11.3. The number of amides is 1. The highest BCUT2D eigenvalue weighted by molar-refractivity contribution is 6.02. The van der Waals surface area contributed by atoms with Crippen LogP contribution < -0.4 is 15.4 Å². The molecular weight excluding hydrogens is 332 g/mol. The molecule has 26 heavy (non-hydrogen) atoms. The molecule has 7 heteroatoms. The number of ether oxygens (including phenoxy) is 2. The highest BCUT2D eigenvalue weighted by Crippen LogP contribution is 2.36. The van der Waals surface area contributed by atoms with Gasteiger partial charge in [-0.1, -0.05) is 6.07 Å². The summed E-state index contributed by atoms with van der Waals surface area (Å²) in [6.45, 7) is 3.61. The van der Waals surface area contributed by atoms with E-state index in [0.717, 1.165) is 42.0 Å². The normalized spacial score (nSPS) is 19.0. The van der Waals surface area contributed by atoms with Crippen molar-refractivity contribution in [2.24, 2.45) is 0 Å². The largest absolute Gasteiger partial charge is 0.475 e. The summed E-state index contributed by atoms with van der Waals surface area (Å²) in [6.07, 6.45) is 4.20. The number of fused-ring (bicyclic) bond motifs is 1. The second-order valence-electron chi connectivity index (χ2n) is 6.75. The summed E-state index contributed by atoms with van der Waals surface area (Å²) in [4.78, 5) is 22.8. The summed E-state index contributed by atoms with van der Waals surface area (Å²) in [5.41, 5.74) is 9.52. The molecule has 2 N–H and O–H groups in total. The number of pyridine rings is 2. The van der Waals surface area contributed by atoms with E-state index in [1.807, 2.05) is 19.1 Å². The van der Waals surface area contributed by atoms with Crippen LogP contribution in [0.3, 0.4) is 0 Å². The Morgan fingerprint density at radius 2 is 2.31 bits per heavy atom. The molecule has 0 aliphatic carbocycles. The molecule has 0 aromatic carbocycles. The number of nitrogens with zero attached hydrogens (tertiary/aromatic N) is 3. The van der Waals surface area contributed by atoms with Crippen LogP contribution in [0.2, 0.25) is 0 Å². The SMILES string of the molecule is Cc1ccc(CN2C(=O)Cc3c2cc(OCC2CCCO2)nc3N)cn1. The maximum Gasteiger partial charge on any atom is 0.231 e. The first kappa shape index (κ1) is 16.8. The number of aryl methyl sites for hydroxylation is 1. The van der Waals surface area contributed by atoms with E-state index in [9.17, 15) is 4.79 Å². The van der Waals surface area contributed by atoms with Crippen LogP contribution in [0.4, 0.5) is 11.5 Å². The standard InChI is InChI=1S/C19H22N4O3/c1-12-4-5-13(9-21-12)10-23-16-8-17(26-11-14-3-2-6-25-14)22-19(20)15(16)7-18(23)24/h4-5,8-9,14H,2-3,6-7,10-11H2,1H3,(H2,20,22). The van der Waals surface area contributed by atoms with Crippen LogP contribution in [0.25, 0.3) is 0 Å². The first-order chi connectivity index (χ1) is 12.6. The molecule has 1 saturated heterocycles. The number of nitrogens with two attached hydrogens (primary N) is 1. The Balaban J connectivity index is 1.55. The number of carbonyl (C=O) groups excluding carboxylic acids is 1. The molecule has 4 heterocycles. The fourth-order valence-corrected chi connectivity index (χ4v) is 3.33. The molecule has 2 aliphatic rings. The third-order valence-corrected chi connectivity index (χ3v) is 4.78. The van der Waals surface area contributed by atoms with Gasteiger partial charge < -0.3 is 20.1 Å². The van der Waals surface area contributed by atoms with Crippen molar-refractivity contribution in [3.63, 3.8) is 0 Å². The van der Waals surface area contributed by atoms with Gasteiger partial charge in [0.1, 0.15) is 12.4 Å². The van der Waals surface area contributed by atoms with E-state index in [1.165, 1.54) is 0 Å². The van der Waals surface area contributed by atoms with E-state index in [4.69, 9.17) is 15.2 Å². The lowest BCUT2D eigenvalue weighted by atomic mass is 10.2. The van der Waals surface area contributed by atoms with Crippen molar-refractivity contribution in [1.29, 1.82) is 0 Å². The van der Waals surface area contributed by atoms with Crippen LogP contribution in [0, 0.1) is 6.92 Å². The summed E-state index contributed by atoms with van der Waals surface area (Å²) in [6, 6.07) is 5.72. The van der Waals surface area contributed by atoms with Crippen molar-refractivity contribution < 1.29 is 14.3 Å². The number of anilines is 2. The van der Waals surface area contributed by atoms with E-state index in [0.29, 0.717) is 24.8 Å². The van der Waals surface area contributed by atoms with E-state index < -0.39 is 0 Å². The lowest BCUT2D eigenvalue weighted by Gasteiger charge is -2.19. The number of hydrogen-bond acceptors (Lipinski definition) is 6. The van der Waals surface area contributed by atoms with Gasteiger partial charge in [-0.2, -0.15) is 4.98 Å². The second kappa shape index (κ2) is 6.92. The summed E-state index contributed by atoms with van der Waals surface area (Å²) in [5.74, 6) is 0.784. The van der Waals surface area contributed by atoms with Crippen molar-refractivity contribution >= 4 is 17.4 Å². The number of rotatable bonds is 5. The van der Waals surface area contributed by atoms with Gasteiger partial charge in [0.05, 0.1) is 24.8 Å². The minimum Gasteiger partial charge on any atom is -0.475 e. The molecule has 0 spiro atoms. The van der Waals surface area contributed by atoms with Crippen LogP contribution in [-0.4, -0.2) is 35.2 Å². The molecule has 0 saturated carbocycles. The van der Waals surface area contributed by atoms with Gasteiger partial charge in [-0.3, -0.25) is 9.78 Å². The van der Waals surface area contributed by atoms with E-state index >= 15 is 0 Å². The minimum atomic E-state index is 0.00495. The first-order valence-corrected chi connectivity index (χ1v) is 8.86. The van der Waals surface area contributed by atoms with Gasteiger partial charge in [0.2, 0.25) is 11.8 Å². The van der Waals surface area contributed by atoms with E-state index in [1.54, 1.807) is 17.2 Å². The molecule has 7 nitrogen and oxygen atoms in total. The third-order valence-electron chi connectivity index (χ3n) is 4.78. The van der Waals surface area contributed by atoms with Gasteiger partial charge in [-0.25, -0.2) is 0 Å². The van der Waals surface area contributed by atoms with Gasteiger partial charge in [-0.05, 0) is 31.4 Å². The van der Waals surface area contributed by atoms with Crippen LogP contribution in [-0.2, 0) is 22.5 Å². The van der Waals surface area contributed by atoms with Gasteiger partial charge in [0.25, 0.3) is 0 Å². The fraction of sp³-hybridized carbons (Fsp3) is 0.421. The molecule has 1 atom stereocenters. The molecule has 2 aromatic rings. The molecule has 1 amide bonds. The smallest absolute Gasteiger partial charge is 0.231 e. The Bertz CT molecular complexity index is 816. The predicted molar refractivity (Wildman–Crippen MR) is 97.0 cm³/mol. The van der Waals surface area contributed by atoms with Crippen molar-refractivity contribution in [3.05, 3.63) is 41.2 Å². The van der Waals surface area contributed by atoms with E-state index in [-0.39, 0.29) is 18.4 Å². The van der Waals surface area contributed by atoms with Crippen LogP contribution in [0.15, 0.2) is 24.4 Å². The molecule has 2 aliphatic heterocycles. The molecule has 1 unspecified atom stereocenters. The quantitative estimate of drug-likeness (QED) is 0.883. The van der Waals surface area contributed by atoms with Gasteiger partial charge in [0, 0.05) is 30.1 Å². The number of aromatic nitrogens is 2. The fourth-order valence-electron chi connectivity index (χ4n) is 3.33. The molecular formula is C19H22N4O3. The van der Waals surface area contributed by atoms with Crippen LogP contribution in [0.1, 0.15) is 29.7 Å². The molecule has 4 rings (SSSR count). The lowest BCUT2D eigenvalue weighted by molar-refractivity contribution is -0.117. The zero-order valence-corrected chi connectivity index (χ0v) is 14.8. The van der Waals surface area contributed by atoms with Crippen LogP contribution >= 0.6 is 0 Å². The summed E-state index contributed by atoms with van der Waals surface area (Å²) in [5, 5.41) is 0. The zero-order chi connectivity index (χ0) is 18.1. The Morgan fingerprint density at radius 3 is 3.04 bits per heavy atom. The van der Waals surface area contributed by atoms with Crippen molar-refractivity contribution in [1.82, 2.24) is 9.97 Å². The highest BCUT2D eigenvalue weighted by Gasteiger charge is 2.31. The van der Waals surface area contributed by atoms with Gasteiger partial charge in [0.15, 0.2) is 0 Å². The predicted octanol–water partition coefficient (Wildman–Crippen LogP) is 2.01. The first-order valence-electron chi connectivity index (χ1n) is 8.86. The van der Waals surface area contributed by atoms with E-state index in [2.05, 4.69) is 9.97 Å². The Morgan fingerprint density at radius 1 is 1.42 bits per heavy atom. The lowest BCUT2D eigenvalue weighted by Crippen LogP contribution is -2.26. The molecule has 136 valence electrons. The van der Waals surface area contributed by atoms with Crippen molar-refractivity contribution in [3.8, 4) is 5.88 Å². The van der Waals surface area contributed by atoms with Crippen molar-refractivity contribution in [2.45, 2.75) is 38.8 Å². The molecule has 0 bridgehead atoms. The third kappa shape index (κ3) is 3.35. The maximum absolute atomic E-state index is 12.5. The topological polar surface area (TPSA) is 90.6 Å². The Kier molecular flexibility index (Phi) is 4.46. The number of nitrogen functional groups attached to an aromatic ring is 1. The molecule has 1 fully saturated rings. The minimum absolute atomic E-state index is 0.00495. The Hall–Kier alpha value is -2.67.